The summed E-state index contributed by atoms with van der Waals surface area (Å²) in [5.74, 6) is 8.10. The summed E-state index contributed by atoms with van der Waals surface area (Å²) in [5, 5.41) is 1.07. The first-order valence-electron chi connectivity index (χ1n) is 4.60. The van der Waals surface area contributed by atoms with Gasteiger partial charge in [0, 0.05) is 17.5 Å². The van der Waals surface area contributed by atoms with Gasteiger partial charge in [0.2, 0.25) is 0 Å². The van der Waals surface area contributed by atoms with Crippen LogP contribution in [0.5, 0.6) is 0 Å². The van der Waals surface area contributed by atoms with Crippen LogP contribution in [0.3, 0.4) is 0 Å². The predicted molar refractivity (Wildman–Crippen MR) is 59.6 cm³/mol. The summed E-state index contributed by atoms with van der Waals surface area (Å²) < 4.78 is 0. The highest BCUT2D eigenvalue weighted by atomic mass is 32.1. The maximum Gasteiger partial charge on any atom is 0.0897 e. The fourth-order valence-electron chi connectivity index (χ4n) is 1.25. The smallest absolute Gasteiger partial charge is 0.0897 e. The number of aryl methyl sites for hydroxylation is 1. The first-order chi connectivity index (χ1) is 6.77. The molecule has 76 valence electrons. The standard InChI is InChI=1S/C10H15N3S/c1-3-4-5-6-9(13-11)10-7-12-8(2)14-10/h1,7,9,13H,4-6,11H2,2H3. The minimum atomic E-state index is 0.189. The molecule has 1 rings (SSSR count). The molecule has 1 aromatic heterocycles. The summed E-state index contributed by atoms with van der Waals surface area (Å²) in [7, 11) is 0. The molecule has 0 saturated carbocycles. The van der Waals surface area contributed by atoms with Crippen LogP contribution >= 0.6 is 11.3 Å². The largest absolute Gasteiger partial charge is 0.271 e. The van der Waals surface area contributed by atoms with Crippen LogP contribution in [0.2, 0.25) is 0 Å². The average Bonchev–Trinajstić information content (AvgIpc) is 2.60. The molecule has 1 unspecified atom stereocenters. The molecule has 0 radical (unpaired) electrons. The molecule has 0 aliphatic rings. The van der Waals surface area contributed by atoms with Gasteiger partial charge in [0.1, 0.15) is 0 Å². The number of thiazole rings is 1. The summed E-state index contributed by atoms with van der Waals surface area (Å²) in [6, 6.07) is 0.189. The van der Waals surface area contributed by atoms with Gasteiger partial charge in [-0.3, -0.25) is 11.3 Å². The Hall–Kier alpha value is -0.890. The number of nitrogens with zero attached hydrogens (tertiary/aromatic N) is 1. The van der Waals surface area contributed by atoms with Crippen molar-refractivity contribution in [3.05, 3.63) is 16.1 Å². The van der Waals surface area contributed by atoms with Crippen LogP contribution in [0.1, 0.15) is 35.2 Å². The zero-order chi connectivity index (χ0) is 10.4. The van der Waals surface area contributed by atoms with Gasteiger partial charge in [-0.15, -0.1) is 23.7 Å². The second-order valence-electron chi connectivity index (χ2n) is 3.10. The van der Waals surface area contributed by atoms with Gasteiger partial charge in [0.15, 0.2) is 0 Å². The maximum atomic E-state index is 5.47. The van der Waals surface area contributed by atoms with Crippen molar-refractivity contribution in [2.24, 2.45) is 5.84 Å². The Balaban J connectivity index is 2.50. The van der Waals surface area contributed by atoms with Crippen molar-refractivity contribution < 1.29 is 0 Å². The number of unbranched alkanes of at least 4 members (excludes halogenated alkanes) is 1. The SMILES string of the molecule is C#CCCCC(NN)c1cnc(C)s1. The molecule has 4 heteroatoms. The zero-order valence-corrected chi connectivity index (χ0v) is 9.10. The second-order valence-corrected chi connectivity index (χ2v) is 4.36. The fraction of sp³-hybridized carbons (Fsp3) is 0.500. The molecule has 0 fully saturated rings. The average molecular weight is 209 g/mol. The Morgan fingerprint density at radius 2 is 2.57 bits per heavy atom. The third-order valence-corrected chi connectivity index (χ3v) is 3.02. The van der Waals surface area contributed by atoms with Crippen molar-refractivity contribution in [1.82, 2.24) is 10.4 Å². The monoisotopic (exact) mass is 209 g/mol. The zero-order valence-electron chi connectivity index (χ0n) is 8.29. The topological polar surface area (TPSA) is 50.9 Å². The third kappa shape index (κ3) is 3.11. The van der Waals surface area contributed by atoms with Crippen molar-refractivity contribution in [3.8, 4) is 12.3 Å². The van der Waals surface area contributed by atoms with E-state index in [1.165, 1.54) is 4.88 Å². The Morgan fingerprint density at radius 3 is 3.07 bits per heavy atom. The van der Waals surface area contributed by atoms with Gasteiger partial charge < -0.3 is 0 Å². The number of terminal acetylenes is 1. The summed E-state index contributed by atoms with van der Waals surface area (Å²) >= 11 is 1.67. The van der Waals surface area contributed by atoms with Gasteiger partial charge in [-0.05, 0) is 19.8 Å². The summed E-state index contributed by atoms with van der Waals surface area (Å²) in [6.07, 6.45) is 9.81. The van der Waals surface area contributed by atoms with Crippen LogP contribution in [-0.2, 0) is 0 Å². The number of nitrogens with one attached hydrogen (secondary N) is 1. The Labute approximate surface area is 88.7 Å². The maximum absolute atomic E-state index is 5.47. The van der Waals surface area contributed by atoms with Gasteiger partial charge in [0.05, 0.1) is 11.0 Å². The molecule has 0 aromatic carbocycles. The van der Waals surface area contributed by atoms with Crippen LogP contribution in [0, 0.1) is 19.3 Å². The van der Waals surface area contributed by atoms with Crippen LogP contribution < -0.4 is 11.3 Å². The van der Waals surface area contributed by atoms with Crippen molar-refractivity contribution in [2.75, 3.05) is 0 Å². The lowest BCUT2D eigenvalue weighted by Gasteiger charge is -2.12. The van der Waals surface area contributed by atoms with E-state index in [0.29, 0.717) is 0 Å². The number of hydrogen-bond acceptors (Lipinski definition) is 4. The number of hydrazine groups is 1. The Kier molecular flexibility index (Phi) is 4.60. The van der Waals surface area contributed by atoms with E-state index in [2.05, 4.69) is 16.3 Å². The van der Waals surface area contributed by atoms with Gasteiger partial charge in [-0.25, -0.2) is 4.98 Å². The van der Waals surface area contributed by atoms with Gasteiger partial charge in [-0.2, -0.15) is 0 Å². The minimum absolute atomic E-state index is 0.189. The van der Waals surface area contributed by atoms with E-state index in [-0.39, 0.29) is 6.04 Å². The van der Waals surface area contributed by atoms with E-state index in [0.717, 1.165) is 24.3 Å². The van der Waals surface area contributed by atoms with Crippen LogP contribution in [0.4, 0.5) is 0 Å². The van der Waals surface area contributed by atoms with Gasteiger partial charge in [-0.1, -0.05) is 0 Å². The number of nitrogens with two attached hydrogens (primary N) is 1. The molecule has 0 aliphatic carbocycles. The molecule has 1 atom stereocenters. The third-order valence-electron chi connectivity index (χ3n) is 2.00. The second kappa shape index (κ2) is 5.76. The van der Waals surface area contributed by atoms with Crippen LogP contribution in [0.15, 0.2) is 6.20 Å². The van der Waals surface area contributed by atoms with E-state index in [9.17, 15) is 0 Å². The highest BCUT2D eigenvalue weighted by molar-refractivity contribution is 7.11. The lowest BCUT2D eigenvalue weighted by atomic mass is 10.1. The Morgan fingerprint density at radius 1 is 1.79 bits per heavy atom. The fourth-order valence-corrected chi connectivity index (χ4v) is 2.13. The van der Waals surface area contributed by atoms with Crippen molar-refractivity contribution in [1.29, 1.82) is 0 Å². The van der Waals surface area contributed by atoms with E-state index in [4.69, 9.17) is 12.3 Å². The number of hydrogen-bond donors (Lipinski definition) is 2. The molecule has 3 nitrogen and oxygen atoms in total. The summed E-state index contributed by atoms with van der Waals surface area (Å²) in [5.41, 5.74) is 2.79. The van der Waals surface area contributed by atoms with Crippen molar-refractivity contribution in [3.63, 3.8) is 0 Å². The van der Waals surface area contributed by atoms with Crippen LogP contribution in [0.25, 0.3) is 0 Å². The molecular formula is C10H15N3S. The molecule has 0 amide bonds. The molecule has 1 heterocycles. The molecule has 14 heavy (non-hydrogen) atoms. The number of aromatic nitrogens is 1. The van der Waals surface area contributed by atoms with E-state index < -0.39 is 0 Å². The van der Waals surface area contributed by atoms with Crippen LogP contribution in [-0.4, -0.2) is 4.98 Å². The highest BCUT2D eigenvalue weighted by Crippen LogP contribution is 2.23. The number of rotatable bonds is 5. The molecule has 0 spiro atoms. The first kappa shape index (κ1) is 11.2. The molecular weight excluding hydrogens is 194 g/mol. The lowest BCUT2D eigenvalue weighted by Crippen LogP contribution is -2.27. The predicted octanol–water partition coefficient (Wildman–Crippen LogP) is 1.76. The molecule has 3 N–H and O–H groups in total. The Bertz CT molecular complexity index is 313. The quantitative estimate of drug-likeness (QED) is 0.336. The molecule has 0 aliphatic heterocycles. The van der Waals surface area contributed by atoms with Crippen molar-refractivity contribution >= 4 is 11.3 Å². The normalized spacial score (nSPS) is 12.4. The van der Waals surface area contributed by atoms with E-state index in [1.54, 1.807) is 11.3 Å². The van der Waals surface area contributed by atoms with Gasteiger partial charge >= 0.3 is 0 Å². The van der Waals surface area contributed by atoms with Gasteiger partial charge in [0.25, 0.3) is 0 Å². The highest BCUT2D eigenvalue weighted by Gasteiger charge is 2.11. The molecule has 0 saturated heterocycles. The first-order valence-corrected chi connectivity index (χ1v) is 5.41. The minimum Gasteiger partial charge on any atom is -0.271 e. The van der Waals surface area contributed by atoms with Crippen molar-refractivity contribution in [2.45, 2.75) is 32.2 Å². The summed E-state index contributed by atoms with van der Waals surface area (Å²) in [6.45, 7) is 1.99. The molecule has 0 bridgehead atoms. The van der Waals surface area contributed by atoms with E-state index in [1.807, 2.05) is 13.1 Å². The molecule has 1 aromatic rings. The lowest BCUT2D eigenvalue weighted by molar-refractivity contribution is 0.509. The van der Waals surface area contributed by atoms with E-state index >= 15 is 0 Å². The summed E-state index contributed by atoms with van der Waals surface area (Å²) in [4.78, 5) is 5.38.